The van der Waals surface area contributed by atoms with Crippen molar-refractivity contribution in [1.82, 2.24) is 0 Å². The van der Waals surface area contributed by atoms with Crippen molar-refractivity contribution < 1.29 is 4.74 Å². The van der Waals surface area contributed by atoms with E-state index in [4.69, 9.17) is 15.7 Å². The molecule has 90 valence electrons. The second-order valence-corrected chi connectivity index (χ2v) is 4.26. The normalized spacial score (nSPS) is 18.9. The molecule has 4 heteroatoms. The zero-order valence-corrected chi connectivity index (χ0v) is 9.78. The highest BCUT2D eigenvalue weighted by molar-refractivity contribution is 5.61. The maximum Gasteiger partial charge on any atom is 0.101 e. The molecule has 1 aromatic rings. The van der Waals surface area contributed by atoms with E-state index in [1.54, 1.807) is 12.1 Å². The van der Waals surface area contributed by atoms with Crippen LogP contribution in [0.1, 0.15) is 24.8 Å². The highest BCUT2D eigenvalue weighted by Gasteiger charge is 2.14. The van der Waals surface area contributed by atoms with E-state index in [-0.39, 0.29) is 0 Å². The highest BCUT2D eigenvalue weighted by Crippen LogP contribution is 2.18. The van der Waals surface area contributed by atoms with E-state index < -0.39 is 0 Å². The van der Waals surface area contributed by atoms with Gasteiger partial charge in [-0.1, -0.05) is 0 Å². The Labute approximate surface area is 101 Å². The first-order valence-electron chi connectivity index (χ1n) is 5.94. The standard InChI is InChI=1S/C13H17N3O/c14-9-10-8-11(3-4-13(10)15)16-6-5-12-2-1-7-17-12/h3-4,8,12,16H,1-2,5-7,15H2. The van der Waals surface area contributed by atoms with Gasteiger partial charge in [-0.3, -0.25) is 0 Å². The van der Waals surface area contributed by atoms with Gasteiger partial charge in [0.05, 0.1) is 11.7 Å². The van der Waals surface area contributed by atoms with E-state index in [2.05, 4.69) is 11.4 Å². The molecular formula is C13H17N3O. The van der Waals surface area contributed by atoms with Gasteiger partial charge in [0.1, 0.15) is 6.07 Å². The van der Waals surface area contributed by atoms with Crippen LogP contribution in [0.3, 0.4) is 0 Å². The smallest absolute Gasteiger partial charge is 0.101 e. The molecule has 0 amide bonds. The molecule has 1 aliphatic heterocycles. The number of ether oxygens (including phenoxy) is 1. The molecule has 2 rings (SSSR count). The first kappa shape index (κ1) is 11.7. The lowest BCUT2D eigenvalue weighted by Crippen LogP contribution is -2.12. The molecule has 17 heavy (non-hydrogen) atoms. The molecule has 0 radical (unpaired) electrons. The van der Waals surface area contributed by atoms with Gasteiger partial charge in [0, 0.05) is 24.5 Å². The van der Waals surface area contributed by atoms with E-state index in [0.717, 1.165) is 31.7 Å². The number of hydrogen-bond acceptors (Lipinski definition) is 4. The predicted octanol–water partition coefficient (Wildman–Crippen LogP) is 2.12. The second kappa shape index (κ2) is 5.55. The minimum Gasteiger partial charge on any atom is -0.398 e. The van der Waals surface area contributed by atoms with Crippen molar-refractivity contribution in [3.63, 3.8) is 0 Å². The monoisotopic (exact) mass is 231 g/mol. The number of nitrogens with zero attached hydrogens (tertiary/aromatic N) is 1. The fourth-order valence-electron chi connectivity index (χ4n) is 2.01. The highest BCUT2D eigenvalue weighted by atomic mass is 16.5. The average molecular weight is 231 g/mol. The molecule has 1 aliphatic rings. The minimum absolute atomic E-state index is 0.395. The van der Waals surface area contributed by atoms with E-state index in [0.29, 0.717) is 17.4 Å². The van der Waals surface area contributed by atoms with Crippen molar-refractivity contribution in [2.24, 2.45) is 0 Å². The largest absolute Gasteiger partial charge is 0.398 e. The summed E-state index contributed by atoms with van der Waals surface area (Å²) in [5.74, 6) is 0. The zero-order chi connectivity index (χ0) is 12.1. The van der Waals surface area contributed by atoms with Crippen LogP contribution in [0.2, 0.25) is 0 Å². The number of nitrogens with one attached hydrogen (secondary N) is 1. The topological polar surface area (TPSA) is 71.1 Å². The Balaban J connectivity index is 1.84. The Kier molecular flexibility index (Phi) is 3.84. The van der Waals surface area contributed by atoms with Crippen LogP contribution in [0.4, 0.5) is 11.4 Å². The predicted molar refractivity (Wildman–Crippen MR) is 67.7 cm³/mol. The third-order valence-corrected chi connectivity index (χ3v) is 2.99. The van der Waals surface area contributed by atoms with E-state index in [1.807, 2.05) is 6.07 Å². The summed E-state index contributed by atoms with van der Waals surface area (Å²) in [6.07, 6.45) is 3.73. The van der Waals surface area contributed by atoms with Crippen molar-refractivity contribution in [2.75, 3.05) is 24.2 Å². The van der Waals surface area contributed by atoms with E-state index in [9.17, 15) is 0 Å². The summed E-state index contributed by atoms with van der Waals surface area (Å²) in [6, 6.07) is 7.51. The van der Waals surface area contributed by atoms with Crippen molar-refractivity contribution >= 4 is 11.4 Å². The van der Waals surface area contributed by atoms with E-state index in [1.165, 1.54) is 6.42 Å². The van der Waals surface area contributed by atoms with Gasteiger partial charge in [-0.2, -0.15) is 5.26 Å². The summed E-state index contributed by atoms with van der Waals surface area (Å²) in [7, 11) is 0. The van der Waals surface area contributed by atoms with Crippen LogP contribution in [0.5, 0.6) is 0 Å². The van der Waals surface area contributed by atoms with Crippen LogP contribution < -0.4 is 11.1 Å². The number of benzene rings is 1. The maximum atomic E-state index is 8.86. The van der Waals surface area contributed by atoms with Crippen molar-refractivity contribution in [1.29, 1.82) is 5.26 Å². The van der Waals surface area contributed by atoms with Gasteiger partial charge < -0.3 is 15.8 Å². The van der Waals surface area contributed by atoms with Crippen LogP contribution in [-0.2, 0) is 4.74 Å². The second-order valence-electron chi connectivity index (χ2n) is 4.26. The SMILES string of the molecule is N#Cc1cc(NCCC2CCCO2)ccc1N. The molecule has 3 N–H and O–H groups in total. The Morgan fingerprint density at radius 2 is 2.41 bits per heavy atom. The van der Waals surface area contributed by atoms with Gasteiger partial charge in [-0.05, 0) is 37.5 Å². The van der Waals surface area contributed by atoms with Gasteiger partial charge in [0.25, 0.3) is 0 Å². The fourth-order valence-corrected chi connectivity index (χ4v) is 2.01. The number of anilines is 2. The zero-order valence-electron chi connectivity index (χ0n) is 9.78. The molecule has 0 spiro atoms. The average Bonchev–Trinajstić information content (AvgIpc) is 2.84. The first-order valence-corrected chi connectivity index (χ1v) is 5.94. The van der Waals surface area contributed by atoms with Gasteiger partial charge in [-0.25, -0.2) is 0 Å². The van der Waals surface area contributed by atoms with Crippen LogP contribution in [0.15, 0.2) is 18.2 Å². The molecule has 0 aromatic heterocycles. The molecule has 0 saturated carbocycles. The lowest BCUT2D eigenvalue weighted by molar-refractivity contribution is 0.107. The van der Waals surface area contributed by atoms with Crippen LogP contribution in [-0.4, -0.2) is 19.3 Å². The first-order chi connectivity index (χ1) is 8.29. The summed E-state index contributed by atoms with van der Waals surface area (Å²) in [6.45, 7) is 1.75. The molecule has 1 aromatic carbocycles. The summed E-state index contributed by atoms with van der Waals surface area (Å²) >= 11 is 0. The number of rotatable bonds is 4. The van der Waals surface area contributed by atoms with Crippen molar-refractivity contribution in [3.05, 3.63) is 23.8 Å². The van der Waals surface area contributed by atoms with Crippen molar-refractivity contribution in [3.8, 4) is 6.07 Å². The van der Waals surface area contributed by atoms with Crippen LogP contribution in [0.25, 0.3) is 0 Å². The summed E-state index contributed by atoms with van der Waals surface area (Å²) in [5.41, 5.74) is 7.64. The van der Waals surface area contributed by atoms with Crippen LogP contribution >= 0.6 is 0 Å². The summed E-state index contributed by atoms with van der Waals surface area (Å²) in [4.78, 5) is 0. The number of hydrogen-bond donors (Lipinski definition) is 2. The molecule has 0 bridgehead atoms. The lowest BCUT2D eigenvalue weighted by atomic mass is 10.1. The quantitative estimate of drug-likeness (QED) is 0.779. The summed E-state index contributed by atoms with van der Waals surface area (Å²) in [5, 5.41) is 12.1. The molecule has 0 aliphatic carbocycles. The molecule has 1 saturated heterocycles. The molecule has 1 heterocycles. The van der Waals surface area contributed by atoms with Crippen molar-refractivity contribution in [2.45, 2.75) is 25.4 Å². The Hall–Kier alpha value is -1.73. The van der Waals surface area contributed by atoms with Gasteiger partial charge in [-0.15, -0.1) is 0 Å². The Bertz CT molecular complexity index is 419. The number of nitriles is 1. The lowest BCUT2D eigenvalue weighted by Gasteiger charge is -2.11. The Morgan fingerprint density at radius 3 is 3.12 bits per heavy atom. The van der Waals surface area contributed by atoms with Gasteiger partial charge in [0.2, 0.25) is 0 Å². The third-order valence-electron chi connectivity index (χ3n) is 2.99. The molecule has 4 nitrogen and oxygen atoms in total. The summed E-state index contributed by atoms with van der Waals surface area (Å²) < 4.78 is 5.54. The number of nitrogens with two attached hydrogens (primary N) is 1. The molecule has 1 unspecified atom stereocenters. The van der Waals surface area contributed by atoms with Gasteiger partial charge >= 0.3 is 0 Å². The molecule has 1 fully saturated rings. The number of nitrogen functional groups attached to an aromatic ring is 1. The third kappa shape index (κ3) is 3.11. The van der Waals surface area contributed by atoms with E-state index >= 15 is 0 Å². The minimum atomic E-state index is 0.395. The molecular weight excluding hydrogens is 214 g/mol. The Morgan fingerprint density at radius 1 is 1.53 bits per heavy atom. The molecule has 1 atom stereocenters. The van der Waals surface area contributed by atoms with Crippen LogP contribution in [0, 0.1) is 11.3 Å². The fraction of sp³-hybridized carbons (Fsp3) is 0.462. The van der Waals surface area contributed by atoms with Gasteiger partial charge in [0.15, 0.2) is 0 Å². The maximum absolute atomic E-state index is 8.86.